The molecule has 0 radical (unpaired) electrons. The van der Waals surface area contributed by atoms with E-state index in [0.717, 1.165) is 30.3 Å². The number of aryl methyl sites for hydroxylation is 1. The Bertz CT molecular complexity index is 1050. The van der Waals surface area contributed by atoms with Gasteiger partial charge in [-0.3, -0.25) is 9.69 Å². The minimum Gasteiger partial charge on any atom is -0.399 e. The molecule has 1 aliphatic carbocycles. The van der Waals surface area contributed by atoms with Gasteiger partial charge in [-0.1, -0.05) is 69.7 Å². The molecule has 182 valence electrons. The lowest BCUT2D eigenvalue weighted by Crippen LogP contribution is -2.20. The van der Waals surface area contributed by atoms with Crippen LogP contribution in [0.3, 0.4) is 0 Å². The van der Waals surface area contributed by atoms with Crippen molar-refractivity contribution in [3.8, 4) is 0 Å². The first kappa shape index (κ1) is 27.0. The van der Waals surface area contributed by atoms with Gasteiger partial charge in [0.2, 0.25) is 5.91 Å². The Balaban J connectivity index is 0.000000251. The number of anilines is 2. The van der Waals surface area contributed by atoms with Crippen LogP contribution in [0.4, 0.5) is 20.2 Å². The number of nitrogens with zero attached hydrogens (tertiary/aromatic N) is 1. The minimum atomic E-state index is -2.79. The number of nitrogens with two attached hydrogens (primary N) is 1. The second-order valence-electron chi connectivity index (χ2n) is 8.14. The van der Waals surface area contributed by atoms with Gasteiger partial charge >= 0.3 is 0 Å². The van der Waals surface area contributed by atoms with E-state index in [1.54, 1.807) is 12.2 Å². The molecule has 0 bridgehead atoms. The number of carbonyl (C=O) groups excluding carboxylic acids is 1. The lowest BCUT2D eigenvalue weighted by Gasteiger charge is -2.18. The highest BCUT2D eigenvalue weighted by molar-refractivity contribution is 6.07. The fraction of sp³-hybridized carbons (Fsp3) is 0.345. The predicted molar refractivity (Wildman–Crippen MR) is 138 cm³/mol. The number of allylic oxidation sites excluding steroid dienone is 5. The Morgan fingerprint density at radius 3 is 2.53 bits per heavy atom. The smallest absolute Gasteiger partial charge is 0.270 e. The second-order valence-corrected chi connectivity index (χ2v) is 8.14. The van der Waals surface area contributed by atoms with Crippen molar-refractivity contribution in [1.82, 2.24) is 0 Å². The third-order valence-electron chi connectivity index (χ3n) is 5.42. The first-order chi connectivity index (χ1) is 16.3. The topological polar surface area (TPSA) is 46.3 Å². The fourth-order valence-corrected chi connectivity index (χ4v) is 3.76. The van der Waals surface area contributed by atoms with E-state index in [2.05, 4.69) is 25.1 Å². The van der Waals surface area contributed by atoms with Crippen LogP contribution in [0.1, 0.15) is 58.1 Å². The number of fused-ring (bicyclic) bond motifs is 1. The number of benzene rings is 2. The Hall–Kier alpha value is -3.21. The molecule has 0 fully saturated rings. The normalized spacial score (nSPS) is 14.6. The zero-order chi connectivity index (χ0) is 25.1. The van der Waals surface area contributed by atoms with Gasteiger partial charge in [0, 0.05) is 23.9 Å². The molecule has 1 aliphatic heterocycles. The number of hydrogen-bond acceptors (Lipinski definition) is 2. The summed E-state index contributed by atoms with van der Waals surface area (Å²) in [6.45, 7) is 7.07. The zero-order valence-electron chi connectivity index (χ0n) is 20.7. The van der Waals surface area contributed by atoms with Gasteiger partial charge in [0.05, 0.1) is 12.1 Å². The summed E-state index contributed by atoms with van der Waals surface area (Å²) >= 11 is 0. The van der Waals surface area contributed by atoms with Crippen LogP contribution in [0.15, 0.2) is 84.1 Å². The Kier molecular flexibility index (Phi) is 10.2. The molecule has 2 aromatic rings. The average molecular weight is 467 g/mol. The maximum absolute atomic E-state index is 12.8. The largest absolute Gasteiger partial charge is 0.399 e. The van der Waals surface area contributed by atoms with Crippen molar-refractivity contribution in [2.45, 2.75) is 65.7 Å². The van der Waals surface area contributed by atoms with Crippen LogP contribution in [-0.4, -0.2) is 11.8 Å². The Morgan fingerprint density at radius 1 is 1.09 bits per heavy atom. The maximum Gasteiger partial charge on any atom is 0.270 e. The van der Waals surface area contributed by atoms with E-state index >= 15 is 0 Å². The van der Waals surface area contributed by atoms with Crippen LogP contribution < -0.4 is 10.6 Å². The van der Waals surface area contributed by atoms with Gasteiger partial charge in [-0.2, -0.15) is 0 Å². The number of halogens is 2. The molecule has 0 spiro atoms. The lowest BCUT2D eigenvalue weighted by atomic mass is 10.1. The van der Waals surface area contributed by atoms with E-state index in [1.807, 2.05) is 49.1 Å². The third-order valence-corrected chi connectivity index (χ3v) is 5.42. The lowest BCUT2D eigenvalue weighted by molar-refractivity contribution is -0.116. The summed E-state index contributed by atoms with van der Waals surface area (Å²) in [4.78, 5) is 14.1. The molecule has 2 aromatic carbocycles. The van der Waals surface area contributed by atoms with Gasteiger partial charge in [0.15, 0.2) is 0 Å². The summed E-state index contributed by atoms with van der Waals surface area (Å²) in [5.74, 6) is -2.63. The predicted octanol–water partition coefficient (Wildman–Crippen LogP) is 7.65. The van der Waals surface area contributed by atoms with Gasteiger partial charge in [0.25, 0.3) is 5.92 Å². The summed E-state index contributed by atoms with van der Waals surface area (Å²) < 4.78 is 25.5. The molecular weight excluding hydrogens is 430 g/mol. The van der Waals surface area contributed by atoms with Gasteiger partial charge in [0.1, 0.15) is 0 Å². The summed E-state index contributed by atoms with van der Waals surface area (Å²) in [5, 5.41) is 0. The van der Waals surface area contributed by atoms with E-state index < -0.39 is 5.92 Å². The van der Waals surface area contributed by atoms with Crippen molar-refractivity contribution in [3.05, 3.63) is 95.2 Å². The molecule has 2 aliphatic rings. The van der Waals surface area contributed by atoms with Crippen LogP contribution >= 0.6 is 0 Å². The number of carbonyl (C=O) groups is 1. The molecule has 4 rings (SSSR count). The number of hydrogen-bond donors (Lipinski definition) is 1. The van der Waals surface area contributed by atoms with Gasteiger partial charge in [-0.15, -0.1) is 0 Å². The molecule has 0 aromatic heterocycles. The van der Waals surface area contributed by atoms with Crippen molar-refractivity contribution >= 4 is 17.3 Å². The van der Waals surface area contributed by atoms with E-state index in [9.17, 15) is 13.6 Å². The molecular formula is C29H36F2N2O. The van der Waals surface area contributed by atoms with E-state index in [0.29, 0.717) is 18.5 Å². The summed E-state index contributed by atoms with van der Waals surface area (Å²) in [6, 6.07) is 16.4. The van der Waals surface area contributed by atoms with Gasteiger partial charge in [-0.05, 0) is 60.7 Å². The standard InChI is InChI=1S/C18H19NO.C9H11F2N.C2H6/c1-2-3-7-14-8-6-10-16(12-14)19-17-11-5-4-9-15(17)13-18(19)20;1-9(10,11)7-4-2-3-5-8(12)6-7;1-2/h4-6,8-12H,2-3,7,13H2,1H3;3-6H,2,12H2,1H3;1-2H3. The quantitative estimate of drug-likeness (QED) is 0.492. The maximum atomic E-state index is 12.8. The number of amides is 1. The third kappa shape index (κ3) is 7.41. The van der Waals surface area contributed by atoms with Crippen molar-refractivity contribution in [1.29, 1.82) is 0 Å². The fourth-order valence-electron chi connectivity index (χ4n) is 3.76. The molecule has 2 N–H and O–H groups in total. The molecule has 34 heavy (non-hydrogen) atoms. The molecule has 1 heterocycles. The van der Waals surface area contributed by atoms with Crippen molar-refractivity contribution in [2.75, 3.05) is 4.90 Å². The highest BCUT2D eigenvalue weighted by Crippen LogP contribution is 2.35. The minimum absolute atomic E-state index is 0.00926. The highest BCUT2D eigenvalue weighted by Gasteiger charge is 2.28. The highest BCUT2D eigenvalue weighted by atomic mass is 19.3. The number of para-hydroxylation sites is 1. The average Bonchev–Trinajstić information content (AvgIpc) is 2.99. The monoisotopic (exact) mass is 466 g/mol. The van der Waals surface area contributed by atoms with Gasteiger partial charge < -0.3 is 5.73 Å². The Morgan fingerprint density at radius 2 is 1.82 bits per heavy atom. The molecule has 5 heteroatoms. The van der Waals surface area contributed by atoms with E-state index in [-0.39, 0.29) is 11.5 Å². The summed E-state index contributed by atoms with van der Waals surface area (Å²) in [7, 11) is 0. The van der Waals surface area contributed by atoms with Crippen LogP contribution in [0.25, 0.3) is 0 Å². The van der Waals surface area contributed by atoms with Crippen LogP contribution in [0.2, 0.25) is 0 Å². The van der Waals surface area contributed by atoms with E-state index in [1.165, 1.54) is 30.6 Å². The first-order valence-electron chi connectivity index (χ1n) is 12.0. The molecule has 1 amide bonds. The molecule has 0 atom stereocenters. The number of unbranched alkanes of at least 4 members (excludes halogenated alkanes) is 1. The molecule has 0 saturated heterocycles. The SMILES string of the molecule is CC.CC(F)(F)C1=CCC=CC(N)=C1.CCCCc1cccc(N2C(=O)Cc3ccccc32)c1. The van der Waals surface area contributed by atoms with Crippen LogP contribution in [0.5, 0.6) is 0 Å². The number of rotatable bonds is 5. The van der Waals surface area contributed by atoms with Crippen LogP contribution in [0, 0.1) is 0 Å². The first-order valence-corrected chi connectivity index (χ1v) is 12.0. The van der Waals surface area contributed by atoms with Crippen molar-refractivity contribution < 1.29 is 13.6 Å². The number of alkyl halides is 2. The van der Waals surface area contributed by atoms with Crippen molar-refractivity contribution in [3.63, 3.8) is 0 Å². The van der Waals surface area contributed by atoms with Crippen molar-refractivity contribution in [2.24, 2.45) is 5.73 Å². The second kappa shape index (κ2) is 12.9. The summed E-state index contributed by atoms with van der Waals surface area (Å²) in [5.41, 5.74) is 10.2. The summed E-state index contributed by atoms with van der Waals surface area (Å²) in [6.07, 6.45) is 10.7. The van der Waals surface area contributed by atoms with Gasteiger partial charge in [-0.25, -0.2) is 8.78 Å². The molecule has 0 saturated carbocycles. The van der Waals surface area contributed by atoms with Crippen LogP contribution in [-0.2, 0) is 17.6 Å². The zero-order valence-corrected chi connectivity index (χ0v) is 20.7. The molecule has 3 nitrogen and oxygen atoms in total. The van der Waals surface area contributed by atoms with E-state index in [4.69, 9.17) is 5.73 Å². The Labute approximate surface area is 202 Å². The molecule has 0 unspecified atom stereocenters.